The molecule has 0 aliphatic carbocycles. The first kappa shape index (κ1) is 10.2. The van der Waals surface area contributed by atoms with Crippen molar-refractivity contribution in [2.24, 2.45) is 0 Å². The van der Waals surface area contributed by atoms with Crippen LogP contribution in [0.2, 0.25) is 5.02 Å². The molecule has 78 valence electrons. The van der Waals surface area contributed by atoms with Crippen molar-refractivity contribution in [3.63, 3.8) is 0 Å². The van der Waals surface area contributed by atoms with E-state index in [-0.39, 0.29) is 5.88 Å². The summed E-state index contributed by atoms with van der Waals surface area (Å²) in [7, 11) is 1.57. The molecule has 1 N–H and O–H groups in total. The van der Waals surface area contributed by atoms with Crippen molar-refractivity contribution in [3.8, 4) is 17.3 Å². The molecule has 1 aromatic heterocycles. The minimum absolute atomic E-state index is 0.0511. The average molecular weight is 244 g/mol. The number of rotatable bonds is 2. The molecule has 0 amide bonds. The molecule has 0 radical (unpaired) electrons. The van der Waals surface area contributed by atoms with E-state index in [1.165, 1.54) is 10.1 Å². The van der Waals surface area contributed by atoms with E-state index in [4.69, 9.17) is 16.3 Å². The summed E-state index contributed by atoms with van der Waals surface area (Å²) in [6.07, 6.45) is 0. The van der Waals surface area contributed by atoms with Crippen molar-refractivity contribution in [2.75, 3.05) is 7.11 Å². The van der Waals surface area contributed by atoms with E-state index < -0.39 is 0 Å². The van der Waals surface area contributed by atoms with Gasteiger partial charge in [-0.3, -0.25) is 0 Å². The molecule has 15 heavy (non-hydrogen) atoms. The summed E-state index contributed by atoms with van der Waals surface area (Å²) in [5.74, 6) is 0.712. The lowest BCUT2D eigenvalue weighted by atomic mass is 10.3. The van der Waals surface area contributed by atoms with E-state index in [9.17, 15) is 5.11 Å². The van der Waals surface area contributed by atoms with Gasteiger partial charge in [-0.05, 0) is 12.1 Å². The standard InChI is InChI=1S/C9H7ClN2O2S/c1-14-6-2-3-7(10)8(4-6)12-9(13)5-15-11-12/h2-5H,1H3/p+1. The number of hydrogen-bond acceptors (Lipinski definition) is 4. The number of aromatic nitrogens is 2. The minimum atomic E-state index is 0.0511. The maximum Gasteiger partial charge on any atom is 0.410 e. The van der Waals surface area contributed by atoms with Crippen LogP contribution in [-0.4, -0.2) is 16.7 Å². The lowest BCUT2D eigenvalue weighted by molar-refractivity contribution is -0.657. The van der Waals surface area contributed by atoms with Crippen LogP contribution >= 0.6 is 23.1 Å². The van der Waals surface area contributed by atoms with E-state index in [2.05, 4.69) is 4.49 Å². The second kappa shape index (κ2) is 4.04. The summed E-state index contributed by atoms with van der Waals surface area (Å²) < 4.78 is 10.4. The average Bonchev–Trinajstić information content (AvgIpc) is 2.65. The first-order valence-electron chi connectivity index (χ1n) is 4.12. The lowest BCUT2D eigenvalue weighted by Crippen LogP contribution is -2.32. The Kier molecular flexibility index (Phi) is 2.75. The van der Waals surface area contributed by atoms with Crippen LogP contribution < -0.4 is 9.42 Å². The Morgan fingerprint density at radius 1 is 1.53 bits per heavy atom. The van der Waals surface area contributed by atoms with E-state index >= 15 is 0 Å². The molecule has 0 unspecified atom stereocenters. The number of nitrogens with zero attached hydrogens (tertiary/aromatic N) is 2. The highest BCUT2D eigenvalue weighted by Gasteiger charge is 2.21. The van der Waals surface area contributed by atoms with Gasteiger partial charge in [0.1, 0.15) is 16.2 Å². The molecule has 0 aliphatic rings. The van der Waals surface area contributed by atoms with E-state index in [1.807, 2.05) is 0 Å². The highest BCUT2D eigenvalue weighted by Crippen LogP contribution is 2.23. The summed E-state index contributed by atoms with van der Waals surface area (Å²) in [6, 6.07) is 5.15. The summed E-state index contributed by atoms with van der Waals surface area (Å²) in [5, 5.41) is 11.5. The Hall–Kier alpha value is -1.33. The van der Waals surface area contributed by atoms with Gasteiger partial charge in [0.15, 0.2) is 0 Å². The van der Waals surface area contributed by atoms with Crippen LogP contribution in [0.4, 0.5) is 0 Å². The summed E-state index contributed by atoms with van der Waals surface area (Å²) >= 11 is 7.14. The lowest BCUT2D eigenvalue weighted by Gasteiger charge is -1.99. The number of halogens is 1. The molecule has 0 saturated heterocycles. The minimum Gasteiger partial charge on any atom is -0.497 e. The van der Waals surface area contributed by atoms with Crippen LogP contribution in [0.25, 0.3) is 5.69 Å². The fourth-order valence-corrected chi connectivity index (χ4v) is 1.86. The summed E-state index contributed by atoms with van der Waals surface area (Å²) in [5.41, 5.74) is 0.592. The molecular formula is C9H8ClN2O2S+. The van der Waals surface area contributed by atoms with Gasteiger partial charge in [-0.1, -0.05) is 11.6 Å². The number of aromatic hydroxyl groups is 1. The number of hydrogen-bond donors (Lipinski definition) is 1. The van der Waals surface area contributed by atoms with Crippen LogP contribution in [0.5, 0.6) is 11.6 Å². The van der Waals surface area contributed by atoms with Gasteiger partial charge < -0.3 is 9.84 Å². The van der Waals surface area contributed by atoms with Crippen LogP contribution in [0, 0.1) is 0 Å². The molecule has 0 aliphatic heterocycles. The molecular weight excluding hydrogens is 236 g/mol. The van der Waals surface area contributed by atoms with Crippen molar-refractivity contribution >= 4 is 23.1 Å². The van der Waals surface area contributed by atoms with Crippen molar-refractivity contribution < 1.29 is 14.5 Å². The molecule has 4 nitrogen and oxygen atoms in total. The van der Waals surface area contributed by atoms with Gasteiger partial charge in [-0.15, -0.1) is 0 Å². The molecule has 1 aromatic carbocycles. The monoisotopic (exact) mass is 243 g/mol. The van der Waals surface area contributed by atoms with Gasteiger partial charge in [-0.25, -0.2) is 0 Å². The Morgan fingerprint density at radius 3 is 2.93 bits per heavy atom. The normalized spacial score (nSPS) is 10.3. The van der Waals surface area contributed by atoms with Crippen molar-refractivity contribution in [1.29, 1.82) is 0 Å². The predicted octanol–water partition coefficient (Wildman–Crippen LogP) is 1.79. The topological polar surface area (TPSA) is 46.2 Å². The fraction of sp³-hybridized carbons (Fsp3) is 0.111. The van der Waals surface area contributed by atoms with E-state index in [0.29, 0.717) is 16.5 Å². The van der Waals surface area contributed by atoms with Gasteiger partial charge in [0, 0.05) is 16.2 Å². The van der Waals surface area contributed by atoms with Crippen LogP contribution in [0.3, 0.4) is 0 Å². The van der Waals surface area contributed by atoms with Crippen LogP contribution in [-0.2, 0) is 0 Å². The van der Waals surface area contributed by atoms with Crippen LogP contribution in [0.15, 0.2) is 23.6 Å². The van der Waals surface area contributed by atoms with E-state index in [1.54, 1.807) is 25.3 Å². The highest BCUT2D eigenvalue weighted by molar-refractivity contribution is 7.03. The van der Waals surface area contributed by atoms with Gasteiger partial charge in [-0.2, -0.15) is 0 Å². The van der Waals surface area contributed by atoms with Gasteiger partial charge in [0.05, 0.1) is 17.7 Å². The molecule has 2 rings (SSSR count). The van der Waals surface area contributed by atoms with E-state index in [0.717, 1.165) is 11.5 Å². The first-order valence-corrected chi connectivity index (χ1v) is 5.33. The van der Waals surface area contributed by atoms with Crippen LogP contribution in [0.1, 0.15) is 0 Å². The Morgan fingerprint density at radius 2 is 2.33 bits per heavy atom. The quantitative estimate of drug-likeness (QED) is 0.818. The zero-order valence-electron chi connectivity index (χ0n) is 7.85. The summed E-state index contributed by atoms with van der Waals surface area (Å²) in [6.45, 7) is 0. The highest BCUT2D eigenvalue weighted by atomic mass is 35.5. The summed E-state index contributed by atoms with van der Waals surface area (Å²) in [4.78, 5) is 0. The maximum absolute atomic E-state index is 9.50. The Bertz CT molecular complexity index is 487. The zero-order valence-corrected chi connectivity index (χ0v) is 9.42. The molecule has 6 heteroatoms. The molecule has 1 heterocycles. The predicted molar refractivity (Wildman–Crippen MR) is 56.9 cm³/mol. The SMILES string of the molecule is COc1ccc(Cl)c(-[n+]2nscc2O)c1. The molecule has 0 spiro atoms. The van der Waals surface area contributed by atoms with Crippen molar-refractivity contribution in [3.05, 3.63) is 28.6 Å². The number of methoxy groups -OCH3 is 1. The largest absolute Gasteiger partial charge is 0.497 e. The Balaban J connectivity index is 2.56. The van der Waals surface area contributed by atoms with Gasteiger partial charge in [0.2, 0.25) is 0 Å². The molecule has 0 atom stereocenters. The zero-order chi connectivity index (χ0) is 10.8. The second-order valence-corrected chi connectivity index (χ2v) is 3.81. The smallest absolute Gasteiger partial charge is 0.410 e. The van der Waals surface area contributed by atoms with Gasteiger partial charge in [0.25, 0.3) is 5.69 Å². The Labute approximate surface area is 95.5 Å². The maximum atomic E-state index is 9.50. The molecule has 2 aromatic rings. The number of benzene rings is 1. The molecule has 0 saturated carbocycles. The third-order valence-electron chi connectivity index (χ3n) is 1.89. The third kappa shape index (κ3) is 1.88. The number of ether oxygens (including phenoxy) is 1. The van der Waals surface area contributed by atoms with Crippen molar-refractivity contribution in [1.82, 2.24) is 4.49 Å². The molecule has 0 bridgehead atoms. The first-order chi connectivity index (χ1) is 7.22. The second-order valence-electron chi connectivity index (χ2n) is 2.79. The fourth-order valence-electron chi connectivity index (χ4n) is 1.16. The molecule has 0 fully saturated rings. The van der Waals surface area contributed by atoms with Gasteiger partial charge >= 0.3 is 5.88 Å². The van der Waals surface area contributed by atoms with Crippen molar-refractivity contribution in [2.45, 2.75) is 0 Å². The third-order valence-corrected chi connectivity index (χ3v) is 2.78.